The van der Waals surface area contributed by atoms with Gasteiger partial charge in [-0.15, -0.1) is 0 Å². The molecule has 2 fully saturated rings. The molecule has 3 heteroatoms. The largest absolute Gasteiger partial charge is 0.348 e. The van der Waals surface area contributed by atoms with E-state index in [1.165, 1.54) is 32.1 Å². The van der Waals surface area contributed by atoms with Gasteiger partial charge in [-0.3, -0.25) is 0 Å². The average Bonchev–Trinajstić information content (AvgIpc) is 2.84. The summed E-state index contributed by atoms with van der Waals surface area (Å²) in [6, 6.07) is 1.48. The van der Waals surface area contributed by atoms with Gasteiger partial charge < -0.3 is 14.8 Å². The lowest BCUT2D eigenvalue weighted by Crippen LogP contribution is -2.27. The molecule has 2 saturated heterocycles. The molecule has 1 N–H and O–H groups in total. The van der Waals surface area contributed by atoms with Gasteiger partial charge in [0.1, 0.15) is 0 Å². The Morgan fingerprint density at radius 2 is 1.94 bits per heavy atom. The Labute approximate surface area is 98.9 Å². The molecule has 0 unspecified atom stereocenters. The predicted molar refractivity (Wildman–Crippen MR) is 64.4 cm³/mol. The maximum atomic E-state index is 5.59. The number of nitrogens with one attached hydrogen (secondary N) is 1. The van der Waals surface area contributed by atoms with E-state index >= 15 is 0 Å². The van der Waals surface area contributed by atoms with Crippen molar-refractivity contribution in [1.82, 2.24) is 5.32 Å². The van der Waals surface area contributed by atoms with Gasteiger partial charge in [0.05, 0.1) is 13.2 Å². The van der Waals surface area contributed by atoms with E-state index in [-0.39, 0.29) is 5.79 Å². The first-order valence-electron chi connectivity index (χ1n) is 6.72. The zero-order chi connectivity index (χ0) is 11.4. The molecule has 94 valence electrons. The number of ether oxygens (including phenoxy) is 2. The van der Waals surface area contributed by atoms with E-state index in [0.29, 0.717) is 0 Å². The smallest absolute Gasteiger partial charge is 0.165 e. The highest BCUT2D eigenvalue weighted by Crippen LogP contribution is 2.26. The predicted octanol–water partition coefficient (Wildman–Crippen LogP) is 2.45. The van der Waals surface area contributed by atoms with Crippen LogP contribution in [0.3, 0.4) is 0 Å². The second kappa shape index (κ2) is 5.48. The molecule has 0 amide bonds. The molecule has 2 atom stereocenters. The minimum atomic E-state index is -0.281. The maximum Gasteiger partial charge on any atom is 0.165 e. The highest BCUT2D eigenvalue weighted by Gasteiger charge is 2.30. The number of rotatable bonds is 5. The van der Waals surface area contributed by atoms with Crippen molar-refractivity contribution in [1.29, 1.82) is 0 Å². The van der Waals surface area contributed by atoms with Crippen molar-refractivity contribution in [2.75, 3.05) is 13.2 Å². The van der Waals surface area contributed by atoms with Crippen LogP contribution in [0.1, 0.15) is 52.4 Å². The normalized spacial score (nSPS) is 33.4. The van der Waals surface area contributed by atoms with E-state index in [9.17, 15) is 0 Å². The van der Waals surface area contributed by atoms with Gasteiger partial charge in [0, 0.05) is 18.5 Å². The standard InChI is InChI=1S/C13H25NO2/c1-11-6-7-12(14-11)5-3-4-8-13(2)15-9-10-16-13/h11-12,14H,3-10H2,1-2H3/t11-,12-/m1/s1. The summed E-state index contributed by atoms with van der Waals surface area (Å²) in [7, 11) is 0. The Morgan fingerprint density at radius 3 is 2.56 bits per heavy atom. The molecule has 3 nitrogen and oxygen atoms in total. The van der Waals surface area contributed by atoms with Crippen LogP contribution in [-0.2, 0) is 9.47 Å². The third-order valence-corrected chi connectivity index (χ3v) is 3.80. The molecule has 16 heavy (non-hydrogen) atoms. The fourth-order valence-electron chi connectivity index (χ4n) is 2.79. The second-order valence-corrected chi connectivity index (χ2v) is 5.42. The molecule has 2 aliphatic rings. The summed E-state index contributed by atoms with van der Waals surface area (Å²) in [6.07, 6.45) is 7.53. The monoisotopic (exact) mass is 227 g/mol. The number of hydrogen-bond donors (Lipinski definition) is 1. The van der Waals surface area contributed by atoms with Gasteiger partial charge in [0.15, 0.2) is 5.79 Å². The molecular formula is C13H25NO2. The van der Waals surface area contributed by atoms with Gasteiger partial charge in [0.2, 0.25) is 0 Å². The minimum absolute atomic E-state index is 0.281. The van der Waals surface area contributed by atoms with Gasteiger partial charge in [0.25, 0.3) is 0 Å². The van der Waals surface area contributed by atoms with Gasteiger partial charge in [-0.1, -0.05) is 6.42 Å². The molecule has 0 aromatic heterocycles. The van der Waals surface area contributed by atoms with E-state index in [2.05, 4.69) is 19.2 Å². The Kier molecular flexibility index (Phi) is 4.22. The van der Waals surface area contributed by atoms with E-state index in [4.69, 9.17) is 9.47 Å². The summed E-state index contributed by atoms with van der Waals surface area (Å²) in [5.74, 6) is -0.281. The molecule has 0 radical (unpaired) electrons. The van der Waals surface area contributed by atoms with Crippen LogP contribution >= 0.6 is 0 Å². The Bertz CT molecular complexity index is 214. The van der Waals surface area contributed by atoms with Crippen molar-refractivity contribution in [3.05, 3.63) is 0 Å². The van der Waals surface area contributed by atoms with Gasteiger partial charge in [-0.25, -0.2) is 0 Å². The van der Waals surface area contributed by atoms with Crippen molar-refractivity contribution in [3.63, 3.8) is 0 Å². The minimum Gasteiger partial charge on any atom is -0.348 e. The third kappa shape index (κ3) is 3.44. The first kappa shape index (κ1) is 12.3. The van der Waals surface area contributed by atoms with Gasteiger partial charge in [-0.2, -0.15) is 0 Å². The summed E-state index contributed by atoms with van der Waals surface area (Å²) in [5, 5.41) is 3.63. The quantitative estimate of drug-likeness (QED) is 0.732. The Balaban J connectivity index is 1.55. The lowest BCUT2D eigenvalue weighted by molar-refractivity contribution is -0.147. The van der Waals surface area contributed by atoms with Crippen LogP contribution in [-0.4, -0.2) is 31.1 Å². The molecule has 0 saturated carbocycles. The zero-order valence-corrected chi connectivity index (χ0v) is 10.6. The summed E-state index contributed by atoms with van der Waals surface area (Å²) < 4.78 is 11.2. The third-order valence-electron chi connectivity index (χ3n) is 3.80. The van der Waals surface area contributed by atoms with Crippen molar-refractivity contribution in [2.24, 2.45) is 0 Å². The molecule has 0 aliphatic carbocycles. The highest BCUT2D eigenvalue weighted by molar-refractivity contribution is 4.80. The zero-order valence-electron chi connectivity index (χ0n) is 10.6. The van der Waals surface area contributed by atoms with Crippen molar-refractivity contribution in [2.45, 2.75) is 70.2 Å². The van der Waals surface area contributed by atoms with Crippen LogP contribution in [0, 0.1) is 0 Å². The van der Waals surface area contributed by atoms with E-state index in [1.54, 1.807) is 0 Å². The van der Waals surface area contributed by atoms with Crippen molar-refractivity contribution < 1.29 is 9.47 Å². The van der Waals surface area contributed by atoms with E-state index in [1.807, 2.05) is 0 Å². The van der Waals surface area contributed by atoms with Gasteiger partial charge in [-0.05, 0) is 39.5 Å². The van der Waals surface area contributed by atoms with Crippen LogP contribution in [0.5, 0.6) is 0 Å². The summed E-state index contributed by atoms with van der Waals surface area (Å²) in [4.78, 5) is 0. The molecular weight excluding hydrogens is 202 g/mol. The second-order valence-electron chi connectivity index (χ2n) is 5.42. The molecule has 2 aliphatic heterocycles. The summed E-state index contributed by atoms with van der Waals surface area (Å²) in [5.41, 5.74) is 0. The van der Waals surface area contributed by atoms with Crippen LogP contribution in [0.25, 0.3) is 0 Å². The van der Waals surface area contributed by atoms with Crippen LogP contribution in [0.2, 0.25) is 0 Å². The van der Waals surface area contributed by atoms with Crippen molar-refractivity contribution >= 4 is 0 Å². The van der Waals surface area contributed by atoms with E-state index < -0.39 is 0 Å². The number of unbranched alkanes of at least 4 members (excludes halogenated alkanes) is 1. The fourth-order valence-corrected chi connectivity index (χ4v) is 2.79. The van der Waals surface area contributed by atoms with Crippen LogP contribution in [0.15, 0.2) is 0 Å². The van der Waals surface area contributed by atoms with Crippen molar-refractivity contribution in [3.8, 4) is 0 Å². The lowest BCUT2D eigenvalue weighted by atomic mass is 10.0. The number of hydrogen-bond acceptors (Lipinski definition) is 3. The lowest BCUT2D eigenvalue weighted by Gasteiger charge is -2.22. The molecule has 0 aromatic rings. The van der Waals surface area contributed by atoms with Crippen LogP contribution in [0.4, 0.5) is 0 Å². The van der Waals surface area contributed by atoms with Crippen LogP contribution < -0.4 is 5.32 Å². The Hall–Kier alpha value is -0.120. The average molecular weight is 227 g/mol. The molecule has 0 bridgehead atoms. The summed E-state index contributed by atoms with van der Waals surface area (Å²) >= 11 is 0. The SMILES string of the molecule is C[C@@H]1CC[C@@H](CCCCC2(C)OCCO2)N1. The molecule has 2 rings (SSSR count). The first-order valence-corrected chi connectivity index (χ1v) is 6.72. The topological polar surface area (TPSA) is 30.5 Å². The molecule has 0 spiro atoms. The maximum absolute atomic E-state index is 5.59. The highest BCUT2D eigenvalue weighted by atomic mass is 16.7. The van der Waals surface area contributed by atoms with Gasteiger partial charge >= 0.3 is 0 Å². The Morgan fingerprint density at radius 1 is 1.19 bits per heavy atom. The summed E-state index contributed by atoms with van der Waals surface area (Å²) in [6.45, 7) is 5.87. The van der Waals surface area contributed by atoms with E-state index in [0.717, 1.165) is 31.7 Å². The molecule has 0 aromatic carbocycles. The molecule has 2 heterocycles. The fraction of sp³-hybridized carbons (Fsp3) is 1.00. The first-order chi connectivity index (χ1) is 7.68.